The molecule has 1 aliphatic rings. The Labute approximate surface area is 187 Å². The fourth-order valence-electron chi connectivity index (χ4n) is 4.08. The minimum absolute atomic E-state index is 0.0318. The highest BCUT2D eigenvalue weighted by atomic mass is 16.6. The number of aliphatic hydroxyl groups excluding tert-OH is 1. The summed E-state index contributed by atoms with van der Waals surface area (Å²) in [6.45, 7) is 0. The summed E-state index contributed by atoms with van der Waals surface area (Å²) in [6.07, 6.45) is 1.38. The van der Waals surface area contributed by atoms with Gasteiger partial charge in [0.15, 0.2) is 0 Å². The van der Waals surface area contributed by atoms with Crippen molar-refractivity contribution in [2.45, 2.75) is 24.9 Å². The Hall–Kier alpha value is -3.86. The fourth-order valence-corrected chi connectivity index (χ4v) is 4.08. The number of carbonyl (C=O) groups is 1. The molecule has 162 valence electrons. The minimum Gasteiger partial charge on any atom is -0.511 e. The highest BCUT2D eigenvalue weighted by Crippen LogP contribution is 2.42. The second-order valence-electron chi connectivity index (χ2n) is 7.72. The molecule has 4 rings (SSSR count). The number of hydrogen-bond acceptors (Lipinski definition) is 5. The molecule has 1 N–H and O–H groups in total. The zero-order valence-corrected chi connectivity index (χ0v) is 17.9. The van der Waals surface area contributed by atoms with Crippen molar-refractivity contribution < 1.29 is 19.5 Å². The Morgan fingerprint density at radius 3 is 2.16 bits per heavy atom. The van der Waals surface area contributed by atoms with Gasteiger partial charge in [-0.1, -0.05) is 96.2 Å². The second kappa shape index (κ2) is 9.52. The number of aryl methyl sites for hydroxylation is 1. The van der Waals surface area contributed by atoms with Crippen molar-refractivity contribution in [3.63, 3.8) is 0 Å². The molecule has 1 unspecified atom stereocenters. The van der Waals surface area contributed by atoms with Crippen LogP contribution in [0.1, 0.15) is 29.5 Å². The third-order valence-electron chi connectivity index (χ3n) is 5.66. The maximum Gasteiger partial charge on any atom is 0.344 e. The predicted octanol–water partition coefficient (Wildman–Crippen LogP) is 5.32. The summed E-state index contributed by atoms with van der Waals surface area (Å²) >= 11 is 0. The largest absolute Gasteiger partial charge is 0.511 e. The van der Waals surface area contributed by atoms with Gasteiger partial charge in [0.2, 0.25) is 0 Å². The highest BCUT2D eigenvalue weighted by Gasteiger charge is 2.44. The molecule has 0 amide bonds. The first kappa shape index (κ1) is 21.4. The van der Waals surface area contributed by atoms with Crippen LogP contribution in [0.15, 0.2) is 107 Å². The topological polar surface area (TPSA) is 68.1 Å². The summed E-state index contributed by atoms with van der Waals surface area (Å²) in [7, 11) is 1.41. The van der Waals surface area contributed by atoms with Crippen molar-refractivity contribution in [1.82, 2.24) is 0 Å². The van der Waals surface area contributed by atoms with Gasteiger partial charge in [0.05, 0.1) is 6.42 Å². The van der Waals surface area contributed by atoms with E-state index in [0.29, 0.717) is 18.4 Å². The van der Waals surface area contributed by atoms with Crippen LogP contribution in [0.2, 0.25) is 0 Å². The van der Waals surface area contributed by atoms with Crippen LogP contribution in [0.25, 0.3) is 0 Å². The molecule has 0 fully saturated rings. The van der Waals surface area contributed by atoms with Crippen LogP contribution in [0, 0.1) is 0 Å². The highest BCUT2D eigenvalue weighted by molar-refractivity contribution is 6.27. The number of cyclic esters (lactones) is 1. The molecule has 1 atom stereocenters. The molecule has 0 spiro atoms. The quantitative estimate of drug-likeness (QED) is 0.315. The van der Waals surface area contributed by atoms with Crippen LogP contribution < -0.4 is 0 Å². The summed E-state index contributed by atoms with van der Waals surface area (Å²) in [4.78, 5) is 18.3. The SMILES string of the molecule is CON=C(C1=C(O)CC(CCc2ccccc2)(c2ccccc2)OC1=O)c1ccccc1. The van der Waals surface area contributed by atoms with Gasteiger partial charge >= 0.3 is 5.97 Å². The van der Waals surface area contributed by atoms with E-state index < -0.39 is 11.6 Å². The van der Waals surface area contributed by atoms with Crippen molar-refractivity contribution in [3.8, 4) is 0 Å². The summed E-state index contributed by atoms with van der Waals surface area (Å²) in [5, 5.41) is 15.2. The van der Waals surface area contributed by atoms with E-state index in [2.05, 4.69) is 5.16 Å². The maximum atomic E-state index is 13.3. The Bertz CT molecular complexity index is 1120. The summed E-state index contributed by atoms with van der Waals surface area (Å²) in [6, 6.07) is 28.8. The molecule has 0 bridgehead atoms. The third-order valence-corrected chi connectivity index (χ3v) is 5.66. The lowest BCUT2D eigenvalue weighted by molar-refractivity contribution is -0.160. The second-order valence-corrected chi connectivity index (χ2v) is 7.72. The molecule has 32 heavy (non-hydrogen) atoms. The molecule has 1 aliphatic heterocycles. The van der Waals surface area contributed by atoms with Crippen molar-refractivity contribution in [2.24, 2.45) is 5.16 Å². The van der Waals surface area contributed by atoms with Crippen LogP contribution in [-0.4, -0.2) is 23.9 Å². The molecule has 1 heterocycles. The zero-order chi connectivity index (χ0) is 22.4. The first-order valence-corrected chi connectivity index (χ1v) is 10.5. The van der Waals surface area contributed by atoms with E-state index in [1.165, 1.54) is 7.11 Å². The van der Waals surface area contributed by atoms with Crippen LogP contribution >= 0.6 is 0 Å². The van der Waals surface area contributed by atoms with E-state index in [1.807, 2.05) is 78.9 Å². The lowest BCUT2D eigenvalue weighted by atomic mass is 9.81. The van der Waals surface area contributed by atoms with E-state index >= 15 is 0 Å². The zero-order valence-electron chi connectivity index (χ0n) is 17.9. The molecular weight excluding hydrogens is 402 g/mol. The molecule has 0 aromatic heterocycles. The molecule has 0 aliphatic carbocycles. The minimum atomic E-state index is -0.976. The van der Waals surface area contributed by atoms with Crippen molar-refractivity contribution in [1.29, 1.82) is 0 Å². The molecule has 0 radical (unpaired) electrons. The standard InChI is InChI=1S/C27H25NO4/c1-31-28-25(21-13-7-3-8-14-21)24-23(29)19-27(32-26(24)30,22-15-9-4-10-16-22)18-17-20-11-5-2-6-12-20/h2-16,29H,17-19H2,1H3. The summed E-state index contributed by atoms with van der Waals surface area (Å²) in [5.74, 6) is -0.678. The van der Waals surface area contributed by atoms with E-state index in [4.69, 9.17) is 9.57 Å². The average molecular weight is 428 g/mol. The smallest absolute Gasteiger partial charge is 0.344 e. The van der Waals surface area contributed by atoms with Crippen LogP contribution in [0.3, 0.4) is 0 Å². The number of hydrogen-bond donors (Lipinski definition) is 1. The lowest BCUT2D eigenvalue weighted by Gasteiger charge is -2.38. The van der Waals surface area contributed by atoms with E-state index in [0.717, 1.165) is 11.1 Å². The molecule has 3 aromatic rings. The van der Waals surface area contributed by atoms with E-state index in [9.17, 15) is 9.90 Å². The normalized spacial score (nSPS) is 18.9. The Morgan fingerprint density at radius 2 is 1.56 bits per heavy atom. The molecule has 0 saturated carbocycles. The molecule has 5 heteroatoms. The molecule has 3 aromatic carbocycles. The molecule has 0 saturated heterocycles. The number of benzene rings is 3. The van der Waals surface area contributed by atoms with Crippen LogP contribution in [0.5, 0.6) is 0 Å². The van der Waals surface area contributed by atoms with Gasteiger partial charge < -0.3 is 14.7 Å². The number of oxime groups is 1. The van der Waals surface area contributed by atoms with Gasteiger partial charge in [0.1, 0.15) is 29.8 Å². The fraction of sp³-hybridized carbons (Fsp3) is 0.185. The van der Waals surface area contributed by atoms with Gasteiger partial charge in [-0.15, -0.1) is 0 Å². The van der Waals surface area contributed by atoms with Crippen molar-refractivity contribution in [2.75, 3.05) is 7.11 Å². The maximum absolute atomic E-state index is 13.3. The van der Waals surface area contributed by atoms with Gasteiger partial charge in [-0.25, -0.2) is 4.79 Å². The van der Waals surface area contributed by atoms with Crippen molar-refractivity contribution in [3.05, 3.63) is 119 Å². The number of carbonyl (C=O) groups excluding carboxylic acids is 1. The van der Waals surface area contributed by atoms with Crippen molar-refractivity contribution >= 4 is 11.7 Å². The van der Waals surface area contributed by atoms with E-state index in [-0.39, 0.29) is 23.5 Å². The summed E-state index contributed by atoms with van der Waals surface area (Å²) in [5.41, 5.74) is 1.95. The number of nitrogens with zero attached hydrogens (tertiary/aromatic N) is 1. The van der Waals surface area contributed by atoms with Gasteiger partial charge in [-0.05, 0) is 24.0 Å². The van der Waals surface area contributed by atoms with Crippen LogP contribution in [-0.2, 0) is 26.4 Å². The Balaban J connectivity index is 1.74. The number of esters is 1. The Morgan fingerprint density at radius 1 is 0.969 bits per heavy atom. The number of rotatable bonds is 7. The number of aliphatic hydroxyl groups is 1. The predicted molar refractivity (Wildman–Crippen MR) is 123 cm³/mol. The first-order valence-electron chi connectivity index (χ1n) is 10.5. The van der Waals surface area contributed by atoms with Gasteiger partial charge in [0.25, 0.3) is 0 Å². The third kappa shape index (κ3) is 4.42. The van der Waals surface area contributed by atoms with Gasteiger partial charge in [-0.2, -0.15) is 0 Å². The summed E-state index contributed by atoms with van der Waals surface area (Å²) < 4.78 is 6.12. The average Bonchev–Trinajstić information content (AvgIpc) is 2.83. The van der Waals surface area contributed by atoms with E-state index in [1.54, 1.807) is 12.1 Å². The van der Waals surface area contributed by atoms with Gasteiger partial charge in [0, 0.05) is 5.56 Å². The molecule has 5 nitrogen and oxygen atoms in total. The molecular formula is C27H25NO4. The monoisotopic (exact) mass is 427 g/mol. The van der Waals surface area contributed by atoms with Crippen LogP contribution in [0.4, 0.5) is 0 Å². The first-order chi connectivity index (χ1) is 15.6. The van der Waals surface area contributed by atoms with Gasteiger partial charge in [-0.3, -0.25) is 0 Å². The number of ether oxygens (including phenoxy) is 1. The lowest BCUT2D eigenvalue weighted by Crippen LogP contribution is -2.40. The Kier molecular flexibility index (Phi) is 6.36.